The Morgan fingerprint density at radius 2 is 2.15 bits per heavy atom. The molecule has 0 bridgehead atoms. The molecule has 112 valence electrons. The number of nitro groups is 1. The maximum Gasteiger partial charge on any atom is 0.293 e. The van der Waals surface area contributed by atoms with Crippen molar-refractivity contribution in [3.63, 3.8) is 0 Å². The van der Waals surface area contributed by atoms with Gasteiger partial charge >= 0.3 is 0 Å². The van der Waals surface area contributed by atoms with Crippen molar-refractivity contribution in [2.45, 2.75) is 26.3 Å². The Morgan fingerprint density at radius 3 is 2.70 bits per heavy atom. The summed E-state index contributed by atoms with van der Waals surface area (Å²) in [6.07, 6.45) is 0.823. The second kappa shape index (κ2) is 7.54. The average molecular weight is 348 g/mol. The van der Waals surface area contributed by atoms with Gasteiger partial charge in [-0.1, -0.05) is 0 Å². The van der Waals surface area contributed by atoms with Gasteiger partial charge in [-0.3, -0.25) is 10.1 Å². The van der Waals surface area contributed by atoms with Gasteiger partial charge in [0, 0.05) is 24.7 Å². The highest BCUT2D eigenvalue weighted by Gasteiger charge is 2.17. The molecule has 0 spiro atoms. The predicted molar refractivity (Wildman–Crippen MR) is 81.6 cm³/mol. The Morgan fingerprint density at radius 1 is 1.50 bits per heavy atom. The molecule has 5 nitrogen and oxygen atoms in total. The summed E-state index contributed by atoms with van der Waals surface area (Å²) in [5, 5.41) is 13.9. The SMILES string of the molecule is CC(C)N(C)CCCNc1cc(F)c(Br)cc1[N+](=O)[O-]. The highest BCUT2D eigenvalue weighted by Crippen LogP contribution is 2.30. The van der Waals surface area contributed by atoms with Crippen molar-refractivity contribution in [2.75, 3.05) is 25.5 Å². The number of rotatable bonds is 7. The summed E-state index contributed by atoms with van der Waals surface area (Å²) in [5.41, 5.74) is 0.0818. The highest BCUT2D eigenvalue weighted by atomic mass is 79.9. The van der Waals surface area contributed by atoms with Crippen molar-refractivity contribution in [1.82, 2.24) is 4.90 Å². The normalized spacial score (nSPS) is 11.2. The van der Waals surface area contributed by atoms with Gasteiger partial charge in [0.1, 0.15) is 11.5 Å². The molecule has 0 atom stereocenters. The monoisotopic (exact) mass is 347 g/mol. The van der Waals surface area contributed by atoms with E-state index in [1.54, 1.807) is 0 Å². The van der Waals surface area contributed by atoms with Crippen molar-refractivity contribution in [3.05, 3.63) is 32.5 Å². The number of nitro benzene ring substituents is 1. The van der Waals surface area contributed by atoms with E-state index in [2.05, 4.69) is 40.0 Å². The van der Waals surface area contributed by atoms with Crippen LogP contribution in [0.15, 0.2) is 16.6 Å². The molecular formula is C13H19BrFN3O2. The van der Waals surface area contributed by atoms with Gasteiger partial charge in [-0.25, -0.2) is 4.39 Å². The fourth-order valence-electron chi connectivity index (χ4n) is 1.64. The zero-order valence-corrected chi connectivity index (χ0v) is 13.4. The van der Waals surface area contributed by atoms with Gasteiger partial charge in [0.25, 0.3) is 5.69 Å². The van der Waals surface area contributed by atoms with Crippen molar-refractivity contribution >= 4 is 27.3 Å². The minimum absolute atomic E-state index is 0.0919. The standard InChI is InChI=1S/C13H19BrFN3O2/c1-9(2)17(3)6-4-5-16-12-8-11(15)10(14)7-13(12)18(19)20/h7-9,16H,4-6H2,1-3H3. The molecule has 0 fully saturated rings. The van der Waals surface area contributed by atoms with Crippen molar-refractivity contribution in [3.8, 4) is 0 Å². The molecule has 0 amide bonds. The molecule has 0 unspecified atom stereocenters. The van der Waals surface area contributed by atoms with Crippen molar-refractivity contribution in [1.29, 1.82) is 0 Å². The third-order valence-electron chi connectivity index (χ3n) is 3.12. The van der Waals surface area contributed by atoms with E-state index >= 15 is 0 Å². The number of anilines is 1. The predicted octanol–water partition coefficient (Wildman–Crippen LogP) is 3.64. The maximum atomic E-state index is 13.4. The molecule has 0 aromatic heterocycles. The summed E-state index contributed by atoms with van der Waals surface area (Å²) in [5.74, 6) is -0.516. The zero-order valence-electron chi connectivity index (χ0n) is 11.8. The van der Waals surface area contributed by atoms with Crippen molar-refractivity contribution in [2.24, 2.45) is 0 Å². The molecule has 0 saturated heterocycles. The van der Waals surface area contributed by atoms with E-state index < -0.39 is 10.7 Å². The van der Waals surface area contributed by atoms with Crippen LogP contribution in [0.3, 0.4) is 0 Å². The van der Waals surface area contributed by atoms with Gasteiger partial charge in [-0.05, 0) is 49.8 Å². The molecule has 0 aliphatic rings. The van der Waals surface area contributed by atoms with E-state index in [4.69, 9.17) is 0 Å². The van der Waals surface area contributed by atoms with E-state index in [-0.39, 0.29) is 15.8 Å². The summed E-state index contributed by atoms with van der Waals surface area (Å²) in [6.45, 7) is 5.63. The molecule has 0 aliphatic heterocycles. The molecule has 0 saturated carbocycles. The molecule has 20 heavy (non-hydrogen) atoms. The Hall–Kier alpha value is -1.21. The minimum atomic E-state index is -0.521. The second-order valence-electron chi connectivity index (χ2n) is 4.90. The van der Waals surface area contributed by atoms with Crippen LogP contribution in [0.4, 0.5) is 15.8 Å². The van der Waals surface area contributed by atoms with Crippen LogP contribution >= 0.6 is 15.9 Å². The van der Waals surface area contributed by atoms with E-state index in [9.17, 15) is 14.5 Å². The fraction of sp³-hybridized carbons (Fsp3) is 0.538. The average Bonchev–Trinajstić information content (AvgIpc) is 2.37. The first-order chi connectivity index (χ1) is 9.32. The van der Waals surface area contributed by atoms with E-state index in [1.165, 1.54) is 6.07 Å². The largest absolute Gasteiger partial charge is 0.379 e. The summed E-state index contributed by atoms with van der Waals surface area (Å²) >= 11 is 2.95. The number of benzene rings is 1. The lowest BCUT2D eigenvalue weighted by Crippen LogP contribution is -2.28. The smallest absolute Gasteiger partial charge is 0.293 e. The van der Waals surface area contributed by atoms with Gasteiger partial charge in [0.15, 0.2) is 0 Å². The van der Waals surface area contributed by atoms with Gasteiger partial charge < -0.3 is 10.2 Å². The Bertz CT molecular complexity index is 483. The van der Waals surface area contributed by atoms with Gasteiger partial charge in [0.2, 0.25) is 0 Å². The molecule has 7 heteroatoms. The van der Waals surface area contributed by atoms with Gasteiger partial charge in [-0.15, -0.1) is 0 Å². The lowest BCUT2D eigenvalue weighted by molar-refractivity contribution is -0.384. The molecule has 1 aromatic rings. The third kappa shape index (κ3) is 4.72. The molecule has 1 rings (SSSR count). The molecule has 0 aliphatic carbocycles. The van der Waals surface area contributed by atoms with Crippen LogP contribution in [0.25, 0.3) is 0 Å². The Labute approximate surface area is 126 Å². The van der Waals surface area contributed by atoms with Gasteiger partial charge in [-0.2, -0.15) is 0 Å². The Kier molecular flexibility index (Phi) is 6.35. The van der Waals surface area contributed by atoms with Crippen LogP contribution in [0.5, 0.6) is 0 Å². The molecule has 1 aromatic carbocycles. The summed E-state index contributed by atoms with van der Waals surface area (Å²) in [7, 11) is 2.02. The second-order valence-corrected chi connectivity index (χ2v) is 5.75. The summed E-state index contributed by atoms with van der Waals surface area (Å²) < 4.78 is 13.5. The topological polar surface area (TPSA) is 58.4 Å². The first-order valence-corrected chi connectivity index (χ1v) is 7.19. The Balaban J connectivity index is 2.63. The molecule has 0 heterocycles. The van der Waals surface area contributed by atoms with Crippen LogP contribution in [0.2, 0.25) is 0 Å². The quantitative estimate of drug-likeness (QED) is 0.464. The summed E-state index contributed by atoms with van der Waals surface area (Å²) in [4.78, 5) is 12.6. The van der Waals surface area contributed by atoms with Crippen LogP contribution in [-0.2, 0) is 0 Å². The van der Waals surface area contributed by atoms with Crippen LogP contribution in [-0.4, -0.2) is 36.0 Å². The van der Waals surface area contributed by atoms with E-state index in [0.717, 1.165) is 19.0 Å². The number of hydrogen-bond donors (Lipinski definition) is 1. The first-order valence-electron chi connectivity index (χ1n) is 6.40. The van der Waals surface area contributed by atoms with Crippen LogP contribution in [0.1, 0.15) is 20.3 Å². The third-order valence-corrected chi connectivity index (χ3v) is 3.73. The lowest BCUT2D eigenvalue weighted by atomic mass is 10.2. The first kappa shape index (κ1) is 16.8. The highest BCUT2D eigenvalue weighted by molar-refractivity contribution is 9.10. The molecular weight excluding hydrogens is 329 g/mol. The molecule has 0 radical (unpaired) electrons. The van der Waals surface area contributed by atoms with Crippen LogP contribution in [0, 0.1) is 15.9 Å². The minimum Gasteiger partial charge on any atom is -0.379 e. The van der Waals surface area contributed by atoms with E-state index in [0.29, 0.717) is 12.6 Å². The number of hydrogen-bond acceptors (Lipinski definition) is 4. The number of halogens is 2. The molecule has 1 N–H and O–H groups in total. The van der Waals surface area contributed by atoms with Crippen LogP contribution < -0.4 is 5.32 Å². The summed E-state index contributed by atoms with van der Waals surface area (Å²) in [6, 6.07) is 2.78. The lowest BCUT2D eigenvalue weighted by Gasteiger charge is -2.20. The van der Waals surface area contributed by atoms with E-state index in [1.807, 2.05) is 7.05 Å². The van der Waals surface area contributed by atoms with Crippen molar-refractivity contribution < 1.29 is 9.31 Å². The number of nitrogens with one attached hydrogen (secondary N) is 1. The zero-order chi connectivity index (χ0) is 15.3. The maximum absolute atomic E-state index is 13.4. The number of nitrogens with zero attached hydrogens (tertiary/aromatic N) is 2. The fourth-order valence-corrected chi connectivity index (χ4v) is 1.97. The van der Waals surface area contributed by atoms with Gasteiger partial charge in [0.05, 0.1) is 9.40 Å².